The lowest BCUT2D eigenvalue weighted by molar-refractivity contribution is -0.127. The standard InChI is InChI=1S/C26H32N8O/c27-13-15-5-7-16(8-6-15)26(35)32-22(11-17-3-1-2-4-20(17)28)25-30-14-23(31-25)18-9-10-19-21(12-18)33-34-24(19)29/h1-4,9-10,12,14-16,22H,5-8,11,13,27-28H2,(H,30,31)(H,32,35)(H3,29,33,34)/t15?,16?,22-/m0/s1. The zero-order valence-electron chi connectivity index (χ0n) is 19.6. The van der Waals surface area contributed by atoms with Crippen LogP contribution in [-0.2, 0) is 11.2 Å². The van der Waals surface area contributed by atoms with Gasteiger partial charge in [-0.05, 0) is 61.9 Å². The van der Waals surface area contributed by atoms with Crippen molar-refractivity contribution in [1.82, 2.24) is 25.5 Å². The van der Waals surface area contributed by atoms with Crippen LogP contribution in [0.4, 0.5) is 11.5 Å². The fraction of sp³-hybridized carbons (Fsp3) is 0.346. The van der Waals surface area contributed by atoms with Crippen LogP contribution in [-0.4, -0.2) is 32.6 Å². The maximum absolute atomic E-state index is 13.2. The maximum atomic E-state index is 13.2. The highest BCUT2D eigenvalue weighted by Crippen LogP contribution is 2.30. The molecule has 1 aliphatic carbocycles. The molecule has 0 unspecified atom stereocenters. The average molecular weight is 473 g/mol. The summed E-state index contributed by atoms with van der Waals surface area (Å²) < 4.78 is 0. The van der Waals surface area contributed by atoms with Gasteiger partial charge in [0.1, 0.15) is 5.82 Å². The molecule has 0 spiro atoms. The van der Waals surface area contributed by atoms with Crippen LogP contribution in [0.5, 0.6) is 0 Å². The van der Waals surface area contributed by atoms with E-state index in [0.29, 0.717) is 36.2 Å². The van der Waals surface area contributed by atoms with Gasteiger partial charge in [-0.2, -0.15) is 5.10 Å². The predicted octanol–water partition coefficient (Wildman–Crippen LogP) is 3.28. The third kappa shape index (κ3) is 4.85. The predicted molar refractivity (Wildman–Crippen MR) is 138 cm³/mol. The van der Waals surface area contributed by atoms with Crippen molar-refractivity contribution in [3.05, 3.63) is 60.0 Å². The molecule has 1 fully saturated rings. The molecular formula is C26H32N8O. The van der Waals surface area contributed by atoms with E-state index in [2.05, 4.69) is 25.5 Å². The summed E-state index contributed by atoms with van der Waals surface area (Å²) in [6.07, 6.45) is 6.05. The monoisotopic (exact) mass is 472 g/mol. The number of hydrogen-bond donors (Lipinski definition) is 6. The number of H-pyrrole nitrogens is 2. The normalized spacial score (nSPS) is 19.0. The second kappa shape index (κ2) is 9.79. The summed E-state index contributed by atoms with van der Waals surface area (Å²) in [4.78, 5) is 21.3. The van der Waals surface area contributed by atoms with Gasteiger partial charge in [0.05, 0.1) is 23.4 Å². The number of carbonyl (C=O) groups is 1. The molecule has 1 amide bonds. The summed E-state index contributed by atoms with van der Waals surface area (Å²) in [5.74, 6) is 1.74. The Morgan fingerprint density at radius 1 is 1.11 bits per heavy atom. The van der Waals surface area contributed by atoms with Gasteiger partial charge in [-0.3, -0.25) is 9.89 Å². The number of fused-ring (bicyclic) bond motifs is 1. The smallest absolute Gasteiger partial charge is 0.223 e. The molecule has 0 saturated heterocycles. The number of nitrogens with two attached hydrogens (primary N) is 3. The molecule has 2 heterocycles. The van der Waals surface area contributed by atoms with Crippen LogP contribution < -0.4 is 22.5 Å². The molecule has 1 atom stereocenters. The van der Waals surface area contributed by atoms with Gasteiger partial charge in [-0.25, -0.2) is 4.98 Å². The molecule has 182 valence electrons. The molecule has 0 aliphatic heterocycles. The van der Waals surface area contributed by atoms with E-state index in [1.54, 1.807) is 6.20 Å². The Labute approximate surface area is 203 Å². The van der Waals surface area contributed by atoms with E-state index < -0.39 is 0 Å². The van der Waals surface area contributed by atoms with Gasteiger partial charge in [-0.1, -0.05) is 24.3 Å². The zero-order chi connectivity index (χ0) is 24.4. The van der Waals surface area contributed by atoms with Gasteiger partial charge < -0.3 is 27.5 Å². The van der Waals surface area contributed by atoms with E-state index in [1.165, 1.54) is 0 Å². The topological polar surface area (TPSA) is 165 Å². The molecule has 5 rings (SSSR count). The summed E-state index contributed by atoms with van der Waals surface area (Å²) in [7, 11) is 0. The third-order valence-electron chi connectivity index (χ3n) is 7.18. The van der Waals surface area contributed by atoms with Gasteiger partial charge in [-0.15, -0.1) is 0 Å². The second-order valence-corrected chi connectivity index (χ2v) is 9.47. The molecule has 9 nitrogen and oxygen atoms in total. The van der Waals surface area contributed by atoms with E-state index in [4.69, 9.17) is 17.2 Å². The summed E-state index contributed by atoms with van der Waals surface area (Å²) >= 11 is 0. The quantitative estimate of drug-likeness (QED) is 0.226. The van der Waals surface area contributed by atoms with Crippen LogP contribution in [0.25, 0.3) is 22.2 Å². The molecule has 0 bridgehead atoms. The Morgan fingerprint density at radius 3 is 2.69 bits per heavy atom. The minimum absolute atomic E-state index is 0.00361. The molecule has 4 aromatic rings. The summed E-state index contributed by atoms with van der Waals surface area (Å²) in [6.45, 7) is 0.691. The lowest BCUT2D eigenvalue weighted by Gasteiger charge is -2.28. The first-order chi connectivity index (χ1) is 17.0. The number of benzene rings is 2. The highest BCUT2D eigenvalue weighted by atomic mass is 16.2. The summed E-state index contributed by atoms with van der Waals surface area (Å²) in [5.41, 5.74) is 22.3. The molecule has 2 aromatic heterocycles. The number of amides is 1. The lowest BCUT2D eigenvalue weighted by atomic mass is 9.81. The number of rotatable bonds is 7. The number of aromatic nitrogens is 4. The van der Waals surface area contributed by atoms with E-state index in [1.807, 2.05) is 42.5 Å². The SMILES string of the molecule is NCC1CCC(C(=O)N[C@@H](Cc2ccccc2N)c2ncc(-c3ccc4c(N)n[nH]c4c3)[nH]2)CC1. The van der Waals surface area contributed by atoms with Crippen molar-refractivity contribution in [2.24, 2.45) is 17.6 Å². The molecule has 9 N–H and O–H groups in total. The van der Waals surface area contributed by atoms with Gasteiger partial charge >= 0.3 is 0 Å². The molecular weight excluding hydrogens is 440 g/mol. The Morgan fingerprint density at radius 2 is 1.91 bits per heavy atom. The Kier molecular flexibility index (Phi) is 6.41. The number of anilines is 2. The van der Waals surface area contributed by atoms with Crippen LogP contribution in [0.3, 0.4) is 0 Å². The molecule has 1 saturated carbocycles. The van der Waals surface area contributed by atoms with Crippen molar-refractivity contribution in [1.29, 1.82) is 0 Å². The van der Waals surface area contributed by atoms with Gasteiger partial charge in [0.25, 0.3) is 0 Å². The average Bonchev–Trinajstić information content (AvgIpc) is 3.52. The molecule has 0 radical (unpaired) electrons. The first-order valence-electron chi connectivity index (χ1n) is 12.1. The number of imidazole rings is 1. The lowest BCUT2D eigenvalue weighted by Crippen LogP contribution is -2.37. The highest BCUT2D eigenvalue weighted by molar-refractivity contribution is 5.91. The number of nitrogens with one attached hydrogen (secondary N) is 3. The Balaban J connectivity index is 1.39. The Hall–Kier alpha value is -3.85. The van der Waals surface area contributed by atoms with Crippen molar-refractivity contribution in [2.45, 2.75) is 38.1 Å². The van der Waals surface area contributed by atoms with E-state index in [-0.39, 0.29) is 17.9 Å². The van der Waals surface area contributed by atoms with Crippen LogP contribution >= 0.6 is 0 Å². The first-order valence-corrected chi connectivity index (χ1v) is 12.1. The number of carbonyl (C=O) groups excluding carboxylic acids is 1. The van der Waals surface area contributed by atoms with E-state index in [0.717, 1.165) is 53.4 Å². The minimum Gasteiger partial charge on any atom is -0.399 e. The maximum Gasteiger partial charge on any atom is 0.223 e. The van der Waals surface area contributed by atoms with Crippen molar-refractivity contribution in [2.75, 3.05) is 18.0 Å². The molecule has 9 heteroatoms. The second-order valence-electron chi connectivity index (χ2n) is 9.47. The first kappa shape index (κ1) is 22.9. The fourth-order valence-corrected chi connectivity index (χ4v) is 4.97. The van der Waals surface area contributed by atoms with Crippen LogP contribution in [0.2, 0.25) is 0 Å². The fourth-order valence-electron chi connectivity index (χ4n) is 4.97. The molecule has 35 heavy (non-hydrogen) atoms. The van der Waals surface area contributed by atoms with Crippen LogP contribution in [0, 0.1) is 11.8 Å². The molecule has 2 aromatic carbocycles. The molecule has 1 aliphatic rings. The number of nitrogens with zero attached hydrogens (tertiary/aromatic N) is 2. The van der Waals surface area contributed by atoms with Crippen LogP contribution in [0.15, 0.2) is 48.7 Å². The van der Waals surface area contributed by atoms with Crippen molar-refractivity contribution in [3.63, 3.8) is 0 Å². The number of para-hydroxylation sites is 1. The summed E-state index contributed by atoms with van der Waals surface area (Å²) in [5, 5.41) is 11.1. The zero-order valence-corrected chi connectivity index (χ0v) is 19.6. The van der Waals surface area contributed by atoms with Gasteiger partial charge in [0.15, 0.2) is 5.82 Å². The largest absolute Gasteiger partial charge is 0.399 e. The van der Waals surface area contributed by atoms with Crippen LogP contribution in [0.1, 0.15) is 43.1 Å². The number of aromatic amines is 2. The van der Waals surface area contributed by atoms with Crippen molar-refractivity contribution >= 4 is 28.3 Å². The Bertz CT molecular complexity index is 1320. The van der Waals surface area contributed by atoms with Gasteiger partial charge in [0, 0.05) is 29.0 Å². The number of hydrogen-bond acceptors (Lipinski definition) is 6. The van der Waals surface area contributed by atoms with Gasteiger partial charge in [0.2, 0.25) is 5.91 Å². The van der Waals surface area contributed by atoms with E-state index >= 15 is 0 Å². The van der Waals surface area contributed by atoms with Crippen molar-refractivity contribution < 1.29 is 4.79 Å². The van der Waals surface area contributed by atoms with Crippen molar-refractivity contribution in [3.8, 4) is 11.3 Å². The third-order valence-corrected chi connectivity index (χ3v) is 7.18. The minimum atomic E-state index is -0.334. The number of nitrogen functional groups attached to an aromatic ring is 2. The summed E-state index contributed by atoms with van der Waals surface area (Å²) in [6, 6.07) is 13.3. The highest BCUT2D eigenvalue weighted by Gasteiger charge is 2.28. The van der Waals surface area contributed by atoms with E-state index in [9.17, 15) is 4.79 Å².